The van der Waals surface area contributed by atoms with E-state index in [1.165, 1.54) is 17.0 Å². The maximum absolute atomic E-state index is 12.7. The van der Waals surface area contributed by atoms with Gasteiger partial charge in [-0.2, -0.15) is 0 Å². The minimum Gasteiger partial charge on any atom is -0.872 e. The van der Waals surface area contributed by atoms with E-state index >= 15 is 0 Å². The molecule has 2 heterocycles. The average molecular weight is 406 g/mol. The lowest BCUT2D eigenvalue weighted by molar-refractivity contribution is -0.921. The number of benzene rings is 2. The van der Waals surface area contributed by atoms with Gasteiger partial charge in [0, 0.05) is 5.56 Å². The summed E-state index contributed by atoms with van der Waals surface area (Å²) in [6, 6.07) is 8.05. The predicted molar refractivity (Wildman–Crippen MR) is 101 cm³/mol. The Morgan fingerprint density at radius 1 is 1.11 bits per heavy atom. The molecular weight excluding hydrogens is 389 g/mol. The number of Topliss-reactive ketones (excluding diaryl/α,β-unsaturated/α-hetero) is 1. The molecule has 1 saturated heterocycles. The smallest absolute Gasteiger partial charge is 0.231 e. The van der Waals surface area contributed by atoms with Crippen LogP contribution in [0.2, 0.25) is 10.0 Å². The van der Waals surface area contributed by atoms with Crippen molar-refractivity contribution in [3.63, 3.8) is 0 Å². The zero-order chi connectivity index (χ0) is 19.0. The summed E-state index contributed by atoms with van der Waals surface area (Å²) in [6.07, 6.45) is 1.61. The van der Waals surface area contributed by atoms with Gasteiger partial charge in [-0.15, -0.1) is 0 Å². The maximum Gasteiger partial charge on any atom is 0.231 e. The molecule has 0 unspecified atom stereocenters. The molecule has 0 atom stereocenters. The monoisotopic (exact) mass is 405 g/mol. The molecule has 2 aromatic carbocycles. The quantitative estimate of drug-likeness (QED) is 0.794. The zero-order valence-electron chi connectivity index (χ0n) is 14.4. The highest BCUT2D eigenvalue weighted by atomic mass is 35.5. The Balaban J connectivity index is 1.65. The summed E-state index contributed by atoms with van der Waals surface area (Å²) in [4.78, 5) is 14.0. The molecule has 2 aromatic rings. The predicted octanol–water partition coefficient (Wildman–Crippen LogP) is 2.10. The largest absolute Gasteiger partial charge is 0.872 e. The Bertz CT molecular complexity index is 936. The number of rotatable bonds is 3. The van der Waals surface area contributed by atoms with Gasteiger partial charge >= 0.3 is 0 Å². The lowest BCUT2D eigenvalue weighted by Crippen LogP contribution is -3.12. The van der Waals surface area contributed by atoms with E-state index in [-0.39, 0.29) is 17.3 Å². The van der Waals surface area contributed by atoms with Gasteiger partial charge in [0.2, 0.25) is 5.78 Å². The van der Waals surface area contributed by atoms with Crippen LogP contribution >= 0.6 is 23.2 Å². The van der Waals surface area contributed by atoms with E-state index in [1.807, 2.05) is 0 Å². The molecule has 27 heavy (non-hydrogen) atoms. The molecule has 7 heteroatoms. The molecule has 0 amide bonds. The number of carbonyl (C=O) groups is 1. The summed E-state index contributed by atoms with van der Waals surface area (Å²) in [7, 11) is 0. The van der Waals surface area contributed by atoms with Crippen LogP contribution in [0.3, 0.4) is 0 Å². The van der Waals surface area contributed by atoms with E-state index in [4.69, 9.17) is 32.7 Å². The normalized spacial score (nSPS) is 18.6. The maximum atomic E-state index is 12.7. The number of hydrogen-bond acceptors (Lipinski definition) is 4. The summed E-state index contributed by atoms with van der Waals surface area (Å²) in [5.41, 5.74) is 1.65. The molecule has 0 bridgehead atoms. The Hall–Kier alpha value is -2.05. The van der Waals surface area contributed by atoms with E-state index < -0.39 is 0 Å². The average Bonchev–Trinajstić information content (AvgIpc) is 2.97. The molecule has 1 N–H and O–H groups in total. The Labute approximate surface area is 166 Å². The van der Waals surface area contributed by atoms with Gasteiger partial charge in [0.25, 0.3) is 0 Å². The van der Waals surface area contributed by atoms with Crippen LogP contribution in [0, 0.1) is 0 Å². The van der Waals surface area contributed by atoms with Crippen molar-refractivity contribution in [2.24, 2.45) is 0 Å². The van der Waals surface area contributed by atoms with Crippen LogP contribution in [0.5, 0.6) is 11.5 Å². The van der Waals surface area contributed by atoms with Gasteiger partial charge < -0.3 is 19.5 Å². The summed E-state index contributed by atoms with van der Waals surface area (Å²) in [5, 5.41) is 13.3. The summed E-state index contributed by atoms with van der Waals surface area (Å²) in [5.74, 6) is 0.190. The van der Waals surface area contributed by atoms with E-state index in [9.17, 15) is 9.90 Å². The molecule has 0 saturated carbocycles. The van der Waals surface area contributed by atoms with Gasteiger partial charge in [-0.3, -0.25) is 4.79 Å². The van der Waals surface area contributed by atoms with E-state index in [0.717, 1.165) is 13.1 Å². The van der Waals surface area contributed by atoms with Crippen molar-refractivity contribution >= 4 is 35.1 Å². The van der Waals surface area contributed by atoms with Gasteiger partial charge in [0.15, 0.2) is 5.76 Å². The first-order valence-electron chi connectivity index (χ1n) is 8.66. The number of fused-ring (bicyclic) bond motifs is 1. The standard InChI is InChI=1S/C20H17Cl2NO4/c21-15-3-1-12(9-16(15)22)10-18-19(25)13-2-4-17(24)14(20(13)27-18)11-23-5-7-26-8-6-23/h1-4,9-10,24H,5-8,11H2/b18-10-. The van der Waals surface area contributed by atoms with Crippen molar-refractivity contribution in [1.82, 2.24) is 0 Å². The van der Waals surface area contributed by atoms with Crippen molar-refractivity contribution in [3.8, 4) is 11.5 Å². The number of ketones is 1. The summed E-state index contributed by atoms with van der Waals surface area (Å²) >= 11 is 12.0. The molecule has 4 rings (SSSR count). The van der Waals surface area contributed by atoms with E-state index in [2.05, 4.69) is 0 Å². The summed E-state index contributed by atoms with van der Waals surface area (Å²) in [6.45, 7) is 3.49. The highest BCUT2D eigenvalue weighted by Gasteiger charge is 2.31. The molecule has 0 aromatic heterocycles. The number of allylic oxidation sites excluding steroid dienone is 1. The number of morpholine rings is 1. The lowest BCUT2D eigenvalue weighted by Gasteiger charge is -2.26. The fraction of sp³-hybridized carbons (Fsp3) is 0.250. The minimum atomic E-state index is -0.241. The van der Waals surface area contributed by atoms with Crippen molar-refractivity contribution in [1.29, 1.82) is 0 Å². The zero-order valence-corrected chi connectivity index (χ0v) is 15.9. The number of quaternary nitrogens is 1. The Morgan fingerprint density at radius 2 is 1.89 bits per heavy atom. The van der Waals surface area contributed by atoms with E-state index in [0.29, 0.717) is 52.2 Å². The van der Waals surface area contributed by atoms with Crippen LogP contribution in [0.4, 0.5) is 0 Å². The second-order valence-corrected chi connectivity index (χ2v) is 7.39. The summed E-state index contributed by atoms with van der Waals surface area (Å²) < 4.78 is 11.2. The molecule has 0 radical (unpaired) electrons. The van der Waals surface area contributed by atoms with Crippen LogP contribution in [0.1, 0.15) is 21.5 Å². The number of ether oxygens (including phenoxy) is 2. The third-order valence-electron chi connectivity index (χ3n) is 4.77. The van der Waals surface area contributed by atoms with Gasteiger partial charge in [0.05, 0.1) is 28.8 Å². The number of halogens is 2. The number of hydrogen-bond donors (Lipinski definition) is 1. The van der Waals surface area contributed by atoms with Crippen molar-refractivity contribution in [2.45, 2.75) is 6.54 Å². The molecule has 5 nitrogen and oxygen atoms in total. The SMILES string of the molecule is O=C1/C(=C/c2ccc(Cl)c(Cl)c2)Oc2c1ccc([O-])c2C[NH+]1CCOCC1. The van der Waals surface area contributed by atoms with Gasteiger partial charge in [-0.25, -0.2) is 0 Å². The molecule has 2 aliphatic rings. The van der Waals surface area contributed by atoms with Crippen LogP contribution < -0.4 is 14.7 Å². The highest BCUT2D eigenvalue weighted by Crippen LogP contribution is 2.38. The third-order valence-corrected chi connectivity index (χ3v) is 5.51. The molecule has 0 spiro atoms. The first kappa shape index (κ1) is 18.3. The minimum absolute atomic E-state index is 0.115. The fourth-order valence-corrected chi connectivity index (χ4v) is 3.60. The fourth-order valence-electron chi connectivity index (χ4n) is 3.30. The molecule has 2 aliphatic heterocycles. The van der Waals surface area contributed by atoms with Gasteiger partial charge in [0.1, 0.15) is 25.4 Å². The Kier molecular flexibility index (Phi) is 5.10. The van der Waals surface area contributed by atoms with E-state index in [1.54, 1.807) is 24.3 Å². The van der Waals surface area contributed by atoms with Crippen LogP contribution in [0.15, 0.2) is 36.1 Å². The number of carbonyl (C=O) groups excluding carboxylic acids is 1. The van der Waals surface area contributed by atoms with Crippen LogP contribution in [0.25, 0.3) is 6.08 Å². The van der Waals surface area contributed by atoms with Crippen molar-refractivity contribution in [2.75, 3.05) is 26.3 Å². The molecular formula is C20H17Cl2NO4. The molecule has 140 valence electrons. The topological polar surface area (TPSA) is 63.0 Å². The van der Waals surface area contributed by atoms with Gasteiger partial charge in [-0.1, -0.05) is 41.1 Å². The third kappa shape index (κ3) is 3.69. The second-order valence-electron chi connectivity index (χ2n) is 6.57. The van der Waals surface area contributed by atoms with Crippen LogP contribution in [-0.4, -0.2) is 32.1 Å². The highest BCUT2D eigenvalue weighted by molar-refractivity contribution is 6.42. The van der Waals surface area contributed by atoms with Crippen molar-refractivity contribution < 1.29 is 24.3 Å². The first-order valence-corrected chi connectivity index (χ1v) is 9.42. The lowest BCUT2D eigenvalue weighted by atomic mass is 10.0. The van der Waals surface area contributed by atoms with Crippen LogP contribution in [-0.2, 0) is 11.3 Å². The number of nitrogens with one attached hydrogen (secondary N) is 1. The van der Waals surface area contributed by atoms with Crippen molar-refractivity contribution in [3.05, 3.63) is 62.8 Å². The van der Waals surface area contributed by atoms with Gasteiger partial charge in [-0.05, 0) is 29.8 Å². The Morgan fingerprint density at radius 3 is 2.63 bits per heavy atom. The first-order chi connectivity index (χ1) is 13.0. The second kappa shape index (κ2) is 7.52. The molecule has 1 fully saturated rings. The molecule has 0 aliphatic carbocycles.